The second-order valence-electron chi connectivity index (χ2n) is 10.4. The van der Waals surface area contributed by atoms with Crippen molar-refractivity contribution in [2.45, 2.75) is 90.5 Å². The molecule has 2 aromatic rings. The Bertz CT molecular complexity index is 819. The fraction of sp³-hybridized carbons (Fsp3) is 0.581. The highest BCUT2D eigenvalue weighted by atomic mass is 16.7. The van der Waals surface area contributed by atoms with Gasteiger partial charge in [0.05, 0.1) is 14.1 Å². The van der Waals surface area contributed by atoms with E-state index in [-0.39, 0.29) is 12.8 Å². The Balaban J connectivity index is 1.61. The Labute approximate surface area is 214 Å². The van der Waals surface area contributed by atoms with Crippen molar-refractivity contribution in [3.05, 3.63) is 65.7 Å². The van der Waals surface area contributed by atoms with Gasteiger partial charge in [-0.3, -0.25) is 0 Å². The predicted octanol–water partition coefficient (Wildman–Crippen LogP) is 7.70. The van der Waals surface area contributed by atoms with E-state index < -0.39 is 0 Å². The third kappa shape index (κ3) is 13.4. The number of aryl methyl sites for hydroxylation is 1. The first-order valence-electron chi connectivity index (χ1n) is 13.7. The molecule has 0 aromatic heterocycles. The Morgan fingerprint density at radius 3 is 1.97 bits per heavy atom. The van der Waals surface area contributed by atoms with E-state index in [9.17, 15) is 4.79 Å². The maximum Gasteiger partial charge on any atom is 0.364 e. The van der Waals surface area contributed by atoms with Crippen LogP contribution in [0.3, 0.4) is 0 Å². The summed E-state index contributed by atoms with van der Waals surface area (Å²) >= 11 is 0. The lowest BCUT2D eigenvalue weighted by molar-refractivity contribution is -0.896. The zero-order valence-electron chi connectivity index (χ0n) is 22.5. The van der Waals surface area contributed by atoms with Crippen LogP contribution in [0, 0.1) is 0 Å². The standard InChI is InChI=1S/C31H48NO3/c1-4-5-6-7-8-9-10-11-12-13-17-22-29-23-18-19-24-30(29)34-27-35-31(33)26-32(2,3)25-28-20-15-14-16-21-28/h14-16,18-21,23-24H,4-13,17,22,25-27H2,1-3H3/q+1. The first-order chi connectivity index (χ1) is 17.0. The van der Waals surface area contributed by atoms with Crippen LogP contribution in [0.25, 0.3) is 0 Å². The molecule has 35 heavy (non-hydrogen) atoms. The van der Waals surface area contributed by atoms with E-state index in [0.717, 1.165) is 18.7 Å². The molecule has 0 aliphatic carbocycles. The molecule has 0 saturated heterocycles. The number of hydrogen-bond acceptors (Lipinski definition) is 3. The van der Waals surface area contributed by atoms with Gasteiger partial charge in [0.25, 0.3) is 0 Å². The molecular formula is C31H48NO3+. The number of ether oxygens (including phenoxy) is 2. The van der Waals surface area contributed by atoms with Gasteiger partial charge in [-0.15, -0.1) is 0 Å². The summed E-state index contributed by atoms with van der Waals surface area (Å²) in [5, 5.41) is 0. The van der Waals surface area contributed by atoms with E-state index in [1.165, 1.54) is 81.8 Å². The number of benzene rings is 2. The molecule has 0 amide bonds. The number of para-hydroxylation sites is 1. The Hall–Kier alpha value is -2.33. The molecule has 2 aromatic carbocycles. The number of carbonyl (C=O) groups excluding carboxylic acids is 1. The van der Waals surface area contributed by atoms with Crippen molar-refractivity contribution < 1.29 is 18.8 Å². The van der Waals surface area contributed by atoms with E-state index >= 15 is 0 Å². The number of quaternary nitrogens is 1. The van der Waals surface area contributed by atoms with E-state index in [4.69, 9.17) is 9.47 Å². The minimum absolute atomic E-state index is 0.0422. The van der Waals surface area contributed by atoms with Crippen molar-refractivity contribution in [3.63, 3.8) is 0 Å². The third-order valence-electron chi connectivity index (χ3n) is 6.47. The van der Waals surface area contributed by atoms with Crippen LogP contribution in [0.2, 0.25) is 0 Å². The van der Waals surface area contributed by atoms with Gasteiger partial charge < -0.3 is 14.0 Å². The first kappa shape index (κ1) is 28.9. The largest absolute Gasteiger partial charge is 0.457 e. The highest BCUT2D eigenvalue weighted by Gasteiger charge is 2.22. The maximum atomic E-state index is 12.4. The van der Waals surface area contributed by atoms with Crippen molar-refractivity contribution in [1.29, 1.82) is 0 Å². The minimum Gasteiger partial charge on any atom is -0.457 e. The van der Waals surface area contributed by atoms with Crippen LogP contribution in [-0.2, 0) is 22.5 Å². The quantitative estimate of drug-likeness (QED) is 0.0891. The Morgan fingerprint density at radius 1 is 0.743 bits per heavy atom. The second-order valence-corrected chi connectivity index (χ2v) is 10.4. The monoisotopic (exact) mass is 482 g/mol. The van der Waals surface area contributed by atoms with Gasteiger partial charge >= 0.3 is 5.97 Å². The second kappa shape index (κ2) is 17.2. The number of unbranched alkanes of at least 4 members (excludes halogenated alkanes) is 10. The topological polar surface area (TPSA) is 35.5 Å². The van der Waals surface area contributed by atoms with Crippen LogP contribution in [0.15, 0.2) is 54.6 Å². The third-order valence-corrected chi connectivity index (χ3v) is 6.47. The molecule has 0 N–H and O–H groups in total. The molecule has 0 aliphatic heterocycles. The van der Waals surface area contributed by atoms with Crippen LogP contribution >= 0.6 is 0 Å². The molecule has 0 unspecified atom stereocenters. The fourth-order valence-electron chi connectivity index (χ4n) is 4.52. The Kier molecular flexibility index (Phi) is 14.2. The molecule has 0 saturated carbocycles. The van der Waals surface area contributed by atoms with Crippen molar-refractivity contribution in [2.24, 2.45) is 0 Å². The van der Waals surface area contributed by atoms with E-state index in [1.54, 1.807) is 0 Å². The lowest BCUT2D eigenvalue weighted by Gasteiger charge is -2.28. The van der Waals surface area contributed by atoms with Crippen LogP contribution < -0.4 is 4.74 Å². The summed E-state index contributed by atoms with van der Waals surface area (Å²) in [5.41, 5.74) is 2.40. The van der Waals surface area contributed by atoms with Crippen LogP contribution in [0.5, 0.6) is 5.75 Å². The van der Waals surface area contributed by atoms with Crippen LogP contribution in [0.1, 0.15) is 88.7 Å². The summed E-state index contributed by atoms with van der Waals surface area (Å²) in [7, 11) is 4.08. The van der Waals surface area contributed by atoms with Gasteiger partial charge in [-0.25, -0.2) is 4.79 Å². The Morgan fingerprint density at radius 2 is 1.31 bits per heavy atom. The first-order valence-corrected chi connectivity index (χ1v) is 13.7. The van der Waals surface area contributed by atoms with Crippen LogP contribution in [0.4, 0.5) is 0 Å². The molecule has 194 valence electrons. The van der Waals surface area contributed by atoms with E-state index in [1.807, 2.05) is 44.4 Å². The van der Waals surface area contributed by atoms with Gasteiger partial charge in [0.2, 0.25) is 6.79 Å². The summed E-state index contributed by atoms with van der Waals surface area (Å²) < 4.78 is 11.8. The SMILES string of the molecule is CCCCCCCCCCCCCc1ccccc1OCOC(=O)C[N+](C)(C)Cc1ccccc1. The van der Waals surface area contributed by atoms with Crippen LogP contribution in [-0.4, -0.2) is 37.9 Å². The number of nitrogens with zero attached hydrogens (tertiary/aromatic N) is 1. The minimum atomic E-state index is -0.242. The molecular weight excluding hydrogens is 434 g/mol. The summed E-state index contributed by atoms with van der Waals surface area (Å²) in [6, 6.07) is 18.3. The number of likely N-dealkylation sites (N-methyl/N-ethyl adjacent to an activating group) is 1. The summed E-state index contributed by atoms with van der Waals surface area (Å²) in [5.74, 6) is 0.583. The molecule has 0 heterocycles. The van der Waals surface area contributed by atoms with Crippen molar-refractivity contribution in [2.75, 3.05) is 27.4 Å². The summed E-state index contributed by atoms with van der Waals surface area (Å²) in [6.07, 6.45) is 15.8. The highest BCUT2D eigenvalue weighted by molar-refractivity contribution is 5.70. The van der Waals surface area contributed by atoms with Gasteiger partial charge in [-0.2, -0.15) is 0 Å². The molecule has 0 aliphatic rings. The van der Waals surface area contributed by atoms with Crippen molar-refractivity contribution >= 4 is 5.97 Å². The molecule has 0 bridgehead atoms. The zero-order chi connectivity index (χ0) is 25.2. The molecule has 0 atom stereocenters. The van der Waals surface area contributed by atoms with Gasteiger partial charge in [0.15, 0.2) is 6.54 Å². The molecule has 4 heteroatoms. The van der Waals surface area contributed by atoms with E-state index in [0.29, 0.717) is 11.0 Å². The fourth-order valence-corrected chi connectivity index (χ4v) is 4.52. The summed E-state index contributed by atoms with van der Waals surface area (Å²) in [4.78, 5) is 12.4. The number of carbonyl (C=O) groups is 1. The zero-order valence-corrected chi connectivity index (χ0v) is 22.5. The maximum absolute atomic E-state index is 12.4. The van der Waals surface area contributed by atoms with E-state index in [2.05, 4.69) is 31.2 Å². The predicted molar refractivity (Wildman–Crippen MR) is 145 cm³/mol. The lowest BCUT2D eigenvalue weighted by Crippen LogP contribution is -2.43. The number of hydrogen-bond donors (Lipinski definition) is 0. The molecule has 4 nitrogen and oxygen atoms in total. The smallest absolute Gasteiger partial charge is 0.364 e. The number of rotatable bonds is 19. The average molecular weight is 483 g/mol. The molecule has 0 spiro atoms. The van der Waals surface area contributed by atoms with Gasteiger partial charge in [-0.05, 0) is 24.5 Å². The lowest BCUT2D eigenvalue weighted by atomic mass is 10.0. The molecule has 0 radical (unpaired) electrons. The van der Waals surface area contributed by atoms with Crippen molar-refractivity contribution in [3.8, 4) is 5.75 Å². The van der Waals surface area contributed by atoms with Gasteiger partial charge in [0.1, 0.15) is 12.3 Å². The number of esters is 1. The van der Waals surface area contributed by atoms with Crippen molar-refractivity contribution in [1.82, 2.24) is 0 Å². The average Bonchev–Trinajstić information content (AvgIpc) is 2.83. The summed E-state index contributed by atoms with van der Waals surface area (Å²) in [6.45, 7) is 3.31. The highest BCUT2D eigenvalue weighted by Crippen LogP contribution is 2.21. The molecule has 2 rings (SSSR count). The normalized spacial score (nSPS) is 11.4. The van der Waals surface area contributed by atoms with Gasteiger partial charge in [0, 0.05) is 5.56 Å². The van der Waals surface area contributed by atoms with Gasteiger partial charge in [-0.1, -0.05) is 120 Å². The molecule has 0 fully saturated rings.